The van der Waals surface area contributed by atoms with Crippen LogP contribution < -0.4 is 4.90 Å². The van der Waals surface area contributed by atoms with Gasteiger partial charge in [0.15, 0.2) is 0 Å². The van der Waals surface area contributed by atoms with Gasteiger partial charge in [-0.25, -0.2) is 0 Å². The number of hydrogen-bond acceptors (Lipinski definition) is 2. The second-order valence-electron chi connectivity index (χ2n) is 4.87. The second kappa shape index (κ2) is 6.74. The van der Waals surface area contributed by atoms with E-state index in [1.165, 1.54) is 5.56 Å². The predicted octanol–water partition coefficient (Wildman–Crippen LogP) is 4.90. The van der Waals surface area contributed by atoms with Crippen molar-refractivity contribution in [2.45, 2.75) is 19.6 Å². The highest BCUT2D eigenvalue weighted by atomic mass is 79.9. The Kier molecular flexibility index (Phi) is 5.24. The van der Waals surface area contributed by atoms with E-state index < -0.39 is 6.10 Å². The highest BCUT2D eigenvalue weighted by Crippen LogP contribution is 2.29. The van der Waals surface area contributed by atoms with E-state index in [0.29, 0.717) is 0 Å². The molecule has 1 unspecified atom stereocenters. The van der Waals surface area contributed by atoms with Gasteiger partial charge < -0.3 is 10.0 Å². The van der Waals surface area contributed by atoms with E-state index in [4.69, 9.17) is 0 Å². The van der Waals surface area contributed by atoms with Crippen LogP contribution in [0.2, 0.25) is 0 Å². The van der Waals surface area contributed by atoms with E-state index in [-0.39, 0.29) is 0 Å². The molecule has 0 radical (unpaired) electrons. The fourth-order valence-corrected chi connectivity index (χ4v) is 3.00. The third-order valence-corrected chi connectivity index (χ3v) is 4.36. The number of hydrogen-bond donors (Lipinski definition) is 1. The van der Waals surface area contributed by atoms with Crippen molar-refractivity contribution in [3.63, 3.8) is 0 Å². The first-order chi connectivity index (χ1) is 9.47. The van der Waals surface area contributed by atoms with Gasteiger partial charge in [0, 0.05) is 22.5 Å². The van der Waals surface area contributed by atoms with Crippen LogP contribution in [0.1, 0.15) is 24.2 Å². The molecular weight excluding hydrogens is 382 g/mol. The number of nitrogens with zero attached hydrogens (tertiary/aromatic N) is 1. The maximum atomic E-state index is 9.60. The van der Waals surface area contributed by atoms with E-state index in [9.17, 15) is 5.11 Å². The molecule has 0 spiro atoms. The van der Waals surface area contributed by atoms with Gasteiger partial charge in [-0.15, -0.1) is 0 Å². The molecule has 20 heavy (non-hydrogen) atoms. The summed E-state index contributed by atoms with van der Waals surface area (Å²) in [7, 11) is 2.06. The number of rotatable bonds is 4. The molecule has 0 bridgehead atoms. The van der Waals surface area contributed by atoms with Gasteiger partial charge >= 0.3 is 0 Å². The van der Waals surface area contributed by atoms with Crippen LogP contribution in [-0.2, 0) is 6.54 Å². The number of benzene rings is 2. The molecule has 1 N–H and O–H groups in total. The maximum absolute atomic E-state index is 9.60. The Morgan fingerprint density at radius 3 is 2.30 bits per heavy atom. The van der Waals surface area contributed by atoms with Crippen molar-refractivity contribution in [1.82, 2.24) is 0 Å². The van der Waals surface area contributed by atoms with Crippen molar-refractivity contribution in [3.8, 4) is 0 Å². The van der Waals surface area contributed by atoms with Crippen molar-refractivity contribution in [1.29, 1.82) is 0 Å². The Balaban J connectivity index is 2.16. The summed E-state index contributed by atoms with van der Waals surface area (Å²) in [5.74, 6) is 0. The topological polar surface area (TPSA) is 23.5 Å². The summed E-state index contributed by atoms with van der Waals surface area (Å²) in [6, 6.07) is 14.3. The summed E-state index contributed by atoms with van der Waals surface area (Å²) >= 11 is 7.03. The number of aliphatic hydroxyl groups is 1. The van der Waals surface area contributed by atoms with Crippen LogP contribution in [0.3, 0.4) is 0 Å². The normalized spacial score (nSPS) is 12.2. The lowest BCUT2D eigenvalue weighted by molar-refractivity contribution is 0.199. The fraction of sp³-hybridized carbons (Fsp3) is 0.250. The molecule has 4 heteroatoms. The zero-order valence-electron chi connectivity index (χ0n) is 11.5. The van der Waals surface area contributed by atoms with Crippen molar-refractivity contribution >= 4 is 37.5 Å². The molecule has 0 aromatic heterocycles. The fourth-order valence-electron chi connectivity index (χ4n) is 2.04. The SMILES string of the molecule is CC(O)c1ccc(N(C)Cc2ccc(Br)cc2)c(Br)c1. The lowest BCUT2D eigenvalue weighted by Crippen LogP contribution is -2.16. The standard InChI is InChI=1S/C16H17Br2NO/c1-11(20)13-5-8-16(15(18)9-13)19(2)10-12-3-6-14(17)7-4-12/h3-9,11,20H,10H2,1-2H3. The summed E-state index contributed by atoms with van der Waals surface area (Å²) < 4.78 is 2.09. The van der Waals surface area contributed by atoms with Crippen LogP contribution in [0, 0.1) is 0 Å². The average Bonchev–Trinajstić information content (AvgIpc) is 2.41. The lowest BCUT2D eigenvalue weighted by Gasteiger charge is -2.22. The molecular formula is C16H17Br2NO. The zero-order valence-corrected chi connectivity index (χ0v) is 14.6. The molecule has 106 valence electrons. The Bertz CT molecular complexity index is 582. The van der Waals surface area contributed by atoms with Gasteiger partial charge in [0.05, 0.1) is 11.8 Å². The van der Waals surface area contributed by atoms with Gasteiger partial charge in [-0.05, 0) is 58.2 Å². The highest BCUT2D eigenvalue weighted by molar-refractivity contribution is 9.10. The summed E-state index contributed by atoms with van der Waals surface area (Å²) in [6.07, 6.45) is -0.447. The second-order valence-corrected chi connectivity index (χ2v) is 6.64. The smallest absolute Gasteiger partial charge is 0.0762 e. The molecule has 0 aliphatic carbocycles. The number of halogens is 2. The zero-order chi connectivity index (χ0) is 14.7. The minimum atomic E-state index is -0.447. The van der Waals surface area contributed by atoms with Gasteiger partial charge in [-0.2, -0.15) is 0 Å². The maximum Gasteiger partial charge on any atom is 0.0762 e. The minimum Gasteiger partial charge on any atom is -0.389 e. The molecule has 2 rings (SSSR count). The molecule has 2 aromatic carbocycles. The van der Waals surface area contributed by atoms with Gasteiger partial charge in [0.25, 0.3) is 0 Å². The molecule has 2 nitrogen and oxygen atoms in total. The third-order valence-electron chi connectivity index (χ3n) is 3.20. The van der Waals surface area contributed by atoms with Crippen LogP contribution in [0.15, 0.2) is 51.4 Å². The number of aliphatic hydroxyl groups excluding tert-OH is 1. The summed E-state index contributed by atoms with van der Waals surface area (Å²) in [5.41, 5.74) is 3.28. The van der Waals surface area contributed by atoms with Gasteiger partial charge in [-0.3, -0.25) is 0 Å². The van der Waals surface area contributed by atoms with Crippen LogP contribution >= 0.6 is 31.9 Å². The summed E-state index contributed by atoms with van der Waals surface area (Å²) in [4.78, 5) is 2.18. The van der Waals surface area contributed by atoms with Crippen molar-refractivity contribution in [2.24, 2.45) is 0 Å². The third kappa shape index (κ3) is 3.84. The summed E-state index contributed by atoms with van der Waals surface area (Å²) in [6.45, 7) is 2.60. The molecule has 1 atom stereocenters. The molecule has 0 heterocycles. The van der Waals surface area contributed by atoms with Gasteiger partial charge in [-0.1, -0.05) is 34.1 Å². The van der Waals surface area contributed by atoms with Gasteiger partial charge in [0.2, 0.25) is 0 Å². The van der Waals surface area contributed by atoms with Crippen molar-refractivity contribution in [2.75, 3.05) is 11.9 Å². The minimum absolute atomic E-state index is 0.447. The molecule has 0 amide bonds. The molecule has 0 fully saturated rings. The van der Waals surface area contributed by atoms with Crippen LogP contribution in [0.25, 0.3) is 0 Å². The van der Waals surface area contributed by atoms with Crippen molar-refractivity contribution in [3.05, 3.63) is 62.5 Å². The van der Waals surface area contributed by atoms with E-state index in [1.807, 2.05) is 18.2 Å². The quantitative estimate of drug-likeness (QED) is 0.791. The number of anilines is 1. The molecule has 0 saturated carbocycles. The lowest BCUT2D eigenvalue weighted by atomic mass is 10.1. The average molecular weight is 399 g/mol. The van der Waals surface area contributed by atoms with E-state index in [1.54, 1.807) is 6.92 Å². The van der Waals surface area contributed by atoms with E-state index in [0.717, 1.165) is 26.7 Å². The Labute approximate surface area is 136 Å². The van der Waals surface area contributed by atoms with E-state index >= 15 is 0 Å². The van der Waals surface area contributed by atoms with Crippen LogP contribution in [0.4, 0.5) is 5.69 Å². The summed E-state index contributed by atoms with van der Waals surface area (Å²) in [5, 5.41) is 9.60. The van der Waals surface area contributed by atoms with Crippen molar-refractivity contribution < 1.29 is 5.11 Å². The van der Waals surface area contributed by atoms with Crippen LogP contribution in [0.5, 0.6) is 0 Å². The molecule has 0 saturated heterocycles. The highest BCUT2D eigenvalue weighted by Gasteiger charge is 2.09. The largest absolute Gasteiger partial charge is 0.389 e. The molecule has 0 aliphatic heterocycles. The monoisotopic (exact) mass is 397 g/mol. The van der Waals surface area contributed by atoms with Gasteiger partial charge in [0.1, 0.15) is 0 Å². The van der Waals surface area contributed by atoms with E-state index in [2.05, 4.69) is 68.1 Å². The molecule has 0 aliphatic rings. The first-order valence-corrected chi connectivity index (χ1v) is 7.99. The Morgan fingerprint density at radius 2 is 1.75 bits per heavy atom. The Morgan fingerprint density at radius 1 is 1.10 bits per heavy atom. The predicted molar refractivity (Wildman–Crippen MR) is 91.0 cm³/mol. The van der Waals surface area contributed by atoms with Crippen LogP contribution in [-0.4, -0.2) is 12.2 Å². The Hall–Kier alpha value is -0.840. The first kappa shape index (κ1) is 15.5. The first-order valence-electron chi connectivity index (χ1n) is 6.40. The molecule has 2 aromatic rings.